The predicted octanol–water partition coefficient (Wildman–Crippen LogP) is 5.98. The third-order valence-electron chi connectivity index (χ3n) is 5.16. The van der Waals surface area contributed by atoms with Crippen LogP contribution in [0.4, 0.5) is 5.82 Å². The molecule has 1 N–H and O–H groups in total. The number of aromatic nitrogens is 3. The SMILES string of the molecule is Cc1ccc(OCc2c(C(=O)Nc3cc(C)n(Cc4ccc(Cl)cc4Cl)n3)noc2C)cc1. The summed E-state index contributed by atoms with van der Waals surface area (Å²) in [5.41, 5.74) is 3.60. The van der Waals surface area contributed by atoms with Crippen LogP contribution in [0.3, 0.4) is 0 Å². The molecule has 33 heavy (non-hydrogen) atoms. The summed E-state index contributed by atoms with van der Waals surface area (Å²) in [6.45, 7) is 6.24. The van der Waals surface area contributed by atoms with Crippen molar-refractivity contribution < 1.29 is 14.1 Å². The van der Waals surface area contributed by atoms with Gasteiger partial charge in [0.2, 0.25) is 0 Å². The van der Waals surface area contributed by atoms with Crippen molar-refractivity contribution >= 4 is 34.9 Å². The molecule has 0 aliphatic carbocycles. The maximum Gasteiger partial charge on any atom is 0.279 e. The summed E-state index contributed by atoms with van der Waals surface area (Å²) in [5, 5.41) is 12.3. The van der Waals surface area contributed by atoms with Gasteiger partial charge in [-0.15, -0.1) is 0 Å². The second-order valence-electron chi connectivity index (χ2n) is 7.69. The Morgan fingerprint density at radius 3 is 2.58 bits per heavy atom. The van der Waals surface area contributed by atoms with E-state index in [1.165, 1.54) is 0 Å². The summed E-state index contributed by atoms with van der Waals surface area (Å²) in [6.07, 6.45) is 0. The van der Waals surface area contributed by atoms with Crippen molar-refractivity contribution in [2.75, 3.05) is 5.32 Å². The molecule has 0 saturated heterocycles. The van der Waals surface area contributed by atoms with Crippen LogP contribution in [0.2, 0.25) is 10.0 Å². The van der Waals surface area contributed by atoms with Gasteiger partial charge < -0.3 is 14.6 Å². The van der Waals surface area contributed by atoms with E-state index in [4.69, 9.17) is 32.5 Å². The topological polar surface area (TPSA) is 82.2 Å². The van der Waals surface area contributed by atoms with E-state index < -0.39 is 5.91 Å². The number of amides is 1. The molecule has 1 amide bonds. The van der Waals surface area contributed by atoms with Crippen molar-refractivity contribution in [2.24, 2.45) is 0 Å². The molecule has 2 aromatic heterocycles. The number of hydrogen-bond donors (Lipinski definition) is 1. The fourth-order valence-electron chi connectivity index (χ4n) is 3.25. The van der Waals surface area contributed by atoms with Gasteiger partial charge in [-0.1, -0.05) is 52.1 Å². The van der Waals surface area contributed by atoms with Crippen LogP contribution in [-0.2, 0) is 13.2 Å². The van der Waals surface area contributed by atoms with E-state index in [-0.39, 0.29) is 12.3 Å². The molecule has 170 valence electrons. The Balaban J connectivity index is 1.46. The lowest BCUT2D eigenvalue weighted by Crippen LogP contribution is -2.16. The number of benzene rings is 2. The van der Waals surface area contributed by atoms with Gasteiger partial charge in [0, 0.05) is 21.8 Å². The summed E-state index contributed by atoms with van der Waals surface area (Å²) in [5.74, 6) is 1.19. The molecule has 0 bridgehead atoms. The Labute approximate surface area is 201 Å². The molecule has 7 nitrogen and oxygen atoms in total. The Morgan fingerprint density at radius 1 is 1.09 bits per heavy atom. The number of anilines is 1. The highest BCUT2D eigenvalue weighted by Gasteiger charge is 2.21. The molecular weight excluding hydrogens is 463 g/mol. The lowest BCUT2D eigenvalue weighted by Gasteiger charge is -2.07. The van der Waals surface area contributed by atoms with Crippen LogP contribution in [0, 0.1) is 20.8 Å². The van der Waals surface area contributed by atoms with Gasteiger partial charge >= 0.3 is 0 Å². The summed E-state index contributed by atoms with van der Waals surface area (Å²) in [6, 6.07) is 14.8. The molecule has 0 saturated carbocycles. The summed E-state index contributed by atoms with van der Waals surface area (Å²) in [7, 11) is 0. The monoisotopic (exact) mass is 484 g/mol. The van der Waals surface area contributed by atoms with E-state index in [9.17, 15) is 4.79 Å². The van der Waals surface area contributed by atoms with E-state index >= 15 is 0 Å². The Morgan fingerprint density at radius 2 is 1.85 bits per heavy atom. The number of halogens is 2. The first-order valence-corrected chi connectivity index (χ1v) is 11.0. The standard InChI is InChI=1S/C24H22Cl2N4O3/c1-14-4-8-19(9-5-14)32-13-20-16(3)33-29-23(20)24(31)27-22-10-15(2)30(28-22)12-17-6-7-18(25)11-21(17)26/h4-11H,12-13H2,1-3H3,(H,27,28,31). The van der Waals surface area contributed by atoms with Crippen LogP contribution in [0.1, 0.15) is 38.6 Å². The number of nitrogens with one attached hydrogen (secondary N) is 1. The molecule has 0 aliphatic heterocycles. The van der Waals surface area contributed by atoms with E-state index in [1.54, 1.807) is 29.8 Å². The van der Waals surface area contributed by atoms with Gasteiger partial charge in [-0.3, -0.25) is 9.48 Å². The molecular formula is C24H22Cl2N4O3. The third-order valence-corrected chi connectivity index (χ3v) is 5.75. The number of nitrogens with zero attached hydrogens (tertiary/aromatic N) is 3. The largest absolute Gasteiger partial charge is 0.489 e. The lowest BCUT2D eigenvalue weighted by atomic mass is 10.2. The Kier molecular flexibility index (Phi) is 6.72. The first-order chi connectivity index (χ1) is 15.8. The van der Waals surface area contributed by atoms with Crippen molar-refractivity contribution in [3.63, 3.8) is 0 Å². The van der Waals surface area contributed by atoms with Crippen LogP contribution in [0.25, 0.3) is 0 Å². The van der Waals surface area contributed by atoms with Gasteiger partial charge in [-0.2, -0.15) is 5.10 Å². The van der Waals surface area contributed by atoms with E-state index in [0.29, 0.717) is 39.5 Å². The smallest absolute Gasteiger partial charge is 0.279 e. The molecule has 0 atom stereocenters. The van der Waals surface area contributed by atoms with Crippen molar-refractivity contribution in [2.45, 2.75) is 33.9 Å². The van der Waals surface area contributed by atoms with Crippen molar-refractivity contribution in [1.29, 1.82) is 0 Å². The molecule has 0 unspecified atom stereocenters. The number of rotatable bonds is 7. The number of hydrogen-bond acceptors (Lipinski definition) is 5. The average molecular weight is 485 g/mol. The molecule has 9 heteroatoms. The number of aryl methyl sites for hydroxylation is 3. The van der Waals surface area contributed by atoms with Gasteiger partial charge in [-0.25, -0.2) is 0 Å². The number of carbonyl (C=O) groups is 1. The van der Waals surface area contributed by atoms with Crippen LogP contribution >= 0.6 is 23.2 Å². The fraction of sp³-hybridized carbons (Fsp3) is 0.208. The zero-order valence-corrected chi connectivity index (χ0v) is 19.9. The van der Waals surface area contributed by atoms with Gasteiger partial charge in [0.15, 0.2) is 11.5 Å². The van der Waals surface area contributed by atoms with Crippen molar-refractivity contribution in [3.05, 3.63) is 92.4 Å². The second kappa shape index (κ2) is 9.68. The molecule has 0 aliphatic rings. The van der Waals surface area contributed by atoms with Gasteiger partial charge in [0.05, 0.1) is 12.1 Å². The van der Waals surface area contributed by atoms with Crippen LogP contribution < -0.4 is 10.1 Å². The van der Waals surface area contributed by atoms with Crippen molar-refractivity contribution in [1.82, 2.24) is 14.9 Å². The highest BCUT2D eigenvalue weighted by Crippen LogP contribution is 2.23. The maximum atomic E-state index is 12.9. The van der Waals surface area contributed by atoms with Crippen LogP contribution in [-0.4, -0.2) is 20.8 Å². The van der Waals surface area contributed by atoms with Crippen molar-refractivity contribution in [3.8, 4) is 5.75 Å². The van der Waals surface area contributed by atoms with Gasteiger partial charge in [0.1, 0.15) is 18.1 Å². The molecule has 2 aromatic carbocycles. The summed E-state index contributed by atoms with van der Waals surface area (Å²) < 4.78 is 12.8. The van der Waals surface area contributed by atoms with E-state index in [2.05, 4.69) is 15.6 Å². The minimum absolute atomic E-state index is 0.156. The highest BCUT2D eigenvalue weighted by atomic mass is 35.5. The minimum atomic E-state index is -0.427. The third kappa shape index (κ3) is 5.38. The average Bonchev–Trinajstić information content (AvgIpc) is 3.31. The Bertz CT molecular complexity index is 1300. The maximum absolute atomic E-state index is 12.9. The fourth-order valence-corrected chi connectivity index (χ4v) is 3.72. The quantitative estimate of drug-likeness (QED) is 0.348. The molecule has 4 rings (SSSR count). The first kappa shape index (κ1) is 22.9. The molecule has 2 heterocycles. The summed E-state index contributed by atoms with van der Waals surface area (Å²) >= 11 is 12.3. The molecule has 0 spiro atoms. The minimum Gasteiger partial charge on any atom is -0.489 e. The van der Waals surface area contributed by atoms with Crippen LogP contribution in [0.5, 0.6) is 5.75 Å². The second-order valence-corrected chi connectivity index (χ2v) is 8.53. The zero-order valence-electron chi connectivity index (χ0n) is 18.4. The molecule has 0 radical (unpaired) electrons. The van der Waals surface area contributed by atoms with Gasteiger partial charge in [0.25, 0.3) is 5.91 Å². The molecule has 0 fully saturated rings. The summed E-state index contributed by atoms with van der Waals surface area (Å²) in [4.78, 5) is 12.9. The number of carbonyl (C=O) groups excluding carboxylic acids is 1. The number of ether oxygens (including phenoxy) is 1. The van der Waals surface area contributed by atoms with E-state index in [0.717, 1.165) is 16.8 Å². The predicted molar refractivity (Wildman–Crippen MR) is 127 cm³/mol. The Hall–Kier alpha value is -3.29. The first-order valence-electron chi connectivity index (χ1n) is 10.2. The highest BCUT2D eigenvalue weighted by molar-refractivity contribution is 6.35. The zero-order chi connectivity index (χ0) is 23.5. The molecule has 4 aromatic rings. The van der Waals surface area contributed by atoms with Gasteiger partial charge in [-0.05, 0) is 50.6 Å². The van der Waals surface area contributed by atoms with E-state index in [1.807, 2.05) is 44.2 Å². The normalized spacial score (nSPS) is 10.9. The lowest BCUT2D eigenvalue weighted by molar-refractivity contribution is 0.101. The van der Waals surface area contributed by atoms with Crippen LogP contribution in [0.15, 0.2) is 53.1 Å².